The number of benzene rings is 1. The SMILES string of the molecule is Cc1c(F)ccc2c1CCOC2CN1CCN(C(=O)Cc2ccc(N(N)/C=N\N)nc2)CC1. The number of hydrazone groups is 1. The lowest BCUT2D eigenvalue weighted by molar-refractivity contribution is -0.132. The van der Waals surface area contributed by atoms with Crippen LogP contribution in [0.4, 0.5) is 10.2 Å². The second kappa shape index (κ2) is 10.2. The van der Waals surface area contributed by atoms with E-state index >= 15 is 0 Å². The predicted molar refractivity (Wildman–Crippen MR) is 124 cm³/mol. The van der Waals surface area contributed by atoms with Crippen LogP contribution >= 0.6 is 0 Å². The quantitative estimate of drug-likeness (QED) is 0.290. The van der Waals surface area contributed by atoms with Crippen LogP contribution in [0, 0.1) is 12.7 Å². The topological polar surface area (TPSA) is 113 Å². The van der Waals surface area contributed by atoms with E-state index in [2.05, 4.69) is 15.0 Å². The van der Waals surface area contributed by atoms with Gasteiger partial charge in [-0.05, 0) is 47.7 Å². The molecule has 0 aliphatic carbocycles. The highest BCUT2D eigenvalue weighted by Crippen LogP contribution is 2.31. The Balaban J connectivity index is 1.29. The van der Waals surface area contributed by atoms with Gasteiger partial charge in [-0.1, -0.05) is 12.1 Å². The first-order chi connectivity index (χ1) is 16.0. The van der Waals surface area contributed by atoms with Gasteiger partial charge in [0.15, 0.2) is 0 Å². The smallest absolute Gasteiger partial charge is 0.227 e. The normalized spacial score (nSPS) is 19.0. The van der Waals surface area contributed by atoms with Crippen molar-refractivity contribution in [1.29, 1.82) is 0 Å². The summed E-state index contributed by atoms with van der Waals surface area (Å²) in [5.74, 6) is 11.2. The summed E-state index contributed by atoms with van der Waals surface area (Å²) in [4.78, 5) is 21.2. The molecule has 1 saturated heterocycles. The zero-order valence-corrected chi connectivity index (χ0v) is 18.8. The van der Waals surface area contributed by atoms with Gasteiger partial charge in [-0.2, -0.15) is 5.10 Å². The summed E-state index contributed by atoms with van der Waals surface area (Å²) < 4.78 is 20.0. The maximum atomic E-state index is 13.9. The van der Waals surface area contributed by atoms with Gasteiger partial charge in [-0.3, -0.25) is 9.69 Å². The van der Waals surface area contributed by atoms with Crippen molar-refractivity contribution < 1.29 is 13.9 Å². The minimum Gasteiger partial charge on any atom is -0.372 e. The van der Waals surface area contributed by atoms with Crippen molar-refractivity contribution in [3.63, 3.8) is 0 Å². The lowest BCUT2D eigenvalue weighted by Gasteiger charge is -2.38. The molecule has 1 aromatic carbocycles. The third kappa shape index (κ3) is 5.29. The number of ether oxygens (including phenoxy) is 1. The van der Waals surface area contributed by atoms with Gasteiger partial charge in [0.2, 0.25) is 5.91 Å². The van der Waals surface area contributed by atoms with Crippen molar-refractivity contribution in [2.75, 3.05) is 44.3 Å². The first-order valence-electron chi connectivity index (χ1n) is 11.1. The van der Waals surface area contributed by atoms with Crippen molar-refractivity contribution in [1.82, 2.24) is 14.8 Å². The van der Waals surface area contributed by atoms with Crippen LogP contribution in [0.3, 0.4) is 0 Å². The number of hydrogen-bond acceptors (Lipinski definition) is 7. The number of anilines is 1. The second-order valence-electron chi connectivity index (χ2n) is 8.40. The molecular formula is C23H30FN7O2. The first kappa shape index (κ1) is 23.1. The van der Waals surface area contributed by atoms with Crippen LogP contribution in [-0.2, 0) is 22.4 Å². The summed E-state index contributed by atoms with van der Waals surface area (Å²) >= 11 is 0. The van der Waals surface area contributed by atoms with Crippen molar-refractivity contribution in [3.8, 4) is 0 Å². The summed E-state index contributed by atoms with van der Waals surface area (Å²) in [6.45, 7) is 6.06. The molecule has 1 atom stereocenters. The molecule has 0 spiro atoms. The van der Waals surface area contributed by atoms with E-state index in [0.717, 1.165) is 48.3 Å². The number of carbonyl (C=O) groups excluding carboxylic acids is 1. The molecule has 4 rings (SSSR count). The number of fused-ring (bicyclic) bond motifs is 1. The van der Waals surface area contributed by atoms with E-state index in [1.165, 1.54) is 17.4 Å². The lowest BCUT2D eigenvalue weighted by atomic mass is 9.93. The van der Waals surface area contributed by atoms with E-state index in [-0.39, 0.29) is 24.2 Å². The Labute approximate surface area is 192 Å². The summed E-state index contributed by atoms with van der Waals surface area (Å²) in [5.41, 5.74) is 3.71. The fraction of sp³-hybridized carbons (Fsp3) is 0.435. The van der Waals surface area contributed by atoms with Gasteiger partial charge in [0.1, 0.15) is 18.0 Å². The fourth-order valence-corrected chi connectivity index (χ4v) is 4.43. The van der Waals surface area contributed by atoms with Gasteiger partial charge in [0.25, 0.3) is 0 Å². The molecule has 2 aliphatic rings. The van der Waals surface area contributed by atoms with Crippen molar-refractivity contribution in [3.05, 3.63) is 58.5 Å². The van der Waals surface area contributed by atoms with Gasteiger partial charge in [-0.25, -0.2) is 20.2 Å². The van der Waals surface area contributed by atoms with Crippen LogP contribution in [0.15, 0.2) is 35.6 Å². The second-order valence-corrected chi connectivity index (χ2v) is 8.40. The molecule has 2 aliphatic heterocycles. The van der Waals surface area contributed by atoms with Crippen LogP contribution in [-0.4, -0.2) is 66.4 Å². The van der Waals surface area contributed by atoms with Gasteiger partial charge >= 0.3 is 0 Å². The molecule has 176 valence electrons. The van der Waals surface area contributed by atoms with E-state index < -0.39 is 0 Å². The minimum absolute atomic E-state index is 0.0636. The predicted octanol–water partition coefficient (Wildman–Crippen LogP) is 1.11. The first-order valence-corrected chi connectivity index (χ1v) is 11.1. The summed E-state index contributed by atoms with van der Waals surface area (Å²) in [7, 11) is 0. The lowest BCUT2D eigenvalue weighted by Crippen LogP contribution is -2.50. The number of nitrogens with zero attached hydrogens (tertiary/aromatic N) is 5. The van der Waals surface area contributed by atoms with Crippen LogP contribution in [0.1, 0.15) is 28.4 Å². The number of amides is 1. The molecule has 1 fully saturated rings. The zero-order chi connectivity index (χ0) is 23.4. The molecule has 1 aromatic heterocycles. The molecule has 3 heterocycles. The highest BCUT2D eigenvalue weighted by molar-refractivity contribution is 5.79. The number of carbonyl (C=O) groups is 1. The Morgan fingerprint density at radius 3 is 2.79 bits per heavy atom. The molecule has 10 heteroatoms. The van der Waals surface area contributed by atoms with E-state index in [1.807, 2.05) is 24.0 Å². The molecule has 9 nitrogen and oxygen atoms in total. The van der Waals surface area contributed by atoms with E-state index in [0.29, 0.717) is 25.5 Å². The molecule has 0 bridgehead atoms. The van der Waals surface area contributed by atoms with E-state index in [9.17, 15) is 9.18 Å². The molecule has 1 unspecified atom stereocenters. The highest BCUT2D eigenvalue weighted by Gasteiger charge is 2.28. The number of hydrazine groups is 1. The molecule has 33 heavy (non-hydrogen) atoms. The fourth-order valence-electron chi connectivity index (χ4n) is 4.43. The average molecular weight is 456 g/mol. The van der Waals surface area contributed by atoms with Crippen LogP contribution < -0.4 is 16.7 Å². The Bertz CT molecular complexity index is 1010. The van der Waals surface area contributed by atoms with Crippen LogP contribution in [0.2, 0.25) is 0 Å². The van der Waals surface area contributed by atoms with E-state index in [1.54, 1.807) is 12.3 Å². The minimum atomic E-state index is -0.156. The van der Waals surface area contributed by atoms with Gasteiger partial charge in [0, 0.05) is 38.9 Å². The van der Waals surface area contributed by atoms with E-state index in [4.69, 9.17) is 16.4 Å². The van der Waals surface area contributed by atoms with Gasteiger partial charge in [0.05, 0.1) is 19.1 Å². The molecule has 2 aromatic rings. The van der Waals surface area contributed by atoms with Crippen molar-refractivity contribution >= 4 is 18.1 Å². The monoisotopic (exact) mass is 455 g/mol. The number of pyridine rings is 1. The highest BCUT2D eigenvalue weighted by atomic mass is 19.1. The Morgan fingerprint density at radius 2 is 2.09 bits per heavy atom. The number of rotatable bonds is 6. The summed E-state index contributed by atoms with van der Waals surface area (Å²) in [6, 6.07) is 6.93. The molecule has 0 radical (unpaired) electrons. The maximum absolute atomic E-state index is 13.9. The van der Waals surface area contributed by atoms with Crippen molar-refractivity contribution in [2.24, 2.45) is 16.8 Å². The van der Waals surface area contributed by atoms with Gasteiger partial charge < -0.3 is 15.5 Å². The third-order valence-electron chi connectivity index (χ3n) is 6.36. The third-order valence-corrected chi connectivity index (χ3v) is 6.36. The number of hydrogen-bond donors (Lipinski definition) is 2. The Morgan fingerprint density at radius 1 is 1.30 bits per heavy atom. The maximum Gasteiger partial charge on any atom is 0.227 e. The molecule has 4 N–H and O–H groups in total. The number of piperazine rings is 1. The molecule has 0 saturated carbocycles. The number of nitrogens with two attached hydrogens (primary N) is 2. The van der Waals surface area contributed by atoms with Gasteiger partial charge in [-0.15, -0.1) is 0 Å². The summed E-state index contributed by atoms with van der Waals surface area (Å²) in [5, 5.41) is 4.56. The number of aromatic nitrogens is 1. The Kier molecular flexibility index (Phi) is 7.17. The molecular weight excluding hydrogens is 425 g/mol. The van der Waals surface area contributed by atoms with Crippen molar-refractivity contribution in [2.45, 2.75) is 25.9 Å². The molecule has 1 amide bonds. The zero-order valence-electron chi connectivity index (χ0n) is 18.8. The van der Waals surface area contributed by atoms with Crippen LogP contribution in [0.5, 0.6) is 0 Å². The largest absolute Gasteiger partial charge is 0.372 e. The standard InChI is InChI=1S/C23H30FN7O2/c1-16-18-6-11-33-21(19(18)3-4-20(16)24)14-29-7-9-30(10-8-29)23(32)12-17-2-5-22(27-13-17)31(26)15-28-25/h2-5,13,15,21H,6-12,14,25-26H2,1H3/b28-15-. The summed E-state index contributed by atoms with van der Waals surface area (Å²) in [6.07, 6.45) is 3.86. The van der Waals surface area contributed by atoms with Crippen LogP contribution in [0.25, 0.3) is 0 Å². The number of halogens is 1. The average Bonchev–Trinajstić information content (AvgIpc) is 2.83. The Hall–Kier alpha value is -3.08.